The quantitative estimate of drug-likeness (QED) is 0.244. The van der Waals surface area contributed by atoms with Crippen LogP contribution in [0.5, 0.6) is 5.88 Å². The molecule has 8 nitrogen and oxygen atoms in total. The van der Waals surface area contributed by atoms with Gasteiger partial charge in [0, 0.05) is 35.3 Å². The van der Waals surface area contributed by atoms with Crippen LogP contribution in [0.4, 0.5) is 13.2 Å². The summed E-state index contributed by atoms with van der Waals surface area (Å²) in [6.07, 6.45) is -3.39. The highest BCUT2D eigenvalue weighted by molar-refractivity contribution is 6.35. The van der Waals surface area contributed by atoms with E-state index >= 15 is 0 Å². The summed E-state index contributed by atoms with van der Waals surface area (Å²) < 4.78 is 55.1. The number of halogens is 5. The molecular weight excluding hydrogens is 596 g/mol. The molecule has 42 heavy (non-hydrogen) atoms. The van der Waals surface area contributed by atoms with Gasteiger partial charge in [0.25, 0.3) is 0 Å². The SMILES string of the molecule is O=C(O)c1ccc2nc(CN3CCc4cc(C(F)(F)F)c(OCc5ccc(Cl)cc5Cl)nc4C3)n(C[C@@H]3CCO3)c2c1. The van der Waals surface area contributed by atoms with Crippen LogP contribution in [0.2, 0.25) is 10.0 Å². The number of hydrogen-bond donors (Lipinski definition) is 1. The Bertz CT molecular complexity index is 1670. The van der Waals surface area contributed by atoms with Crippen molar-refractivity contribution < 1.29 is 32.5 Å². The maximum absolute atomic E-state index is 14.0. The van der Waals surface area contributed by atoms with E-state index in [-0.39, 0.29) is 29.8 Å². The molecule has 220 valence electrons. The largest absolute Gasteiger partial charge is 0.478 e. The number of carboxylic acids is 1. The lowest BCUT2D eigenvalue weighted by Crippen LogP contribution is -2.34. The Morgan fingerprint density at radius 2 is 1.95 bits per heavy atom. The molecule has 0 bridgehead atoms. The fraction of sp³-hybridized carbons (Fsp3) is 0.345. The van der Waals surface area contributed by atoms with Crippen molar-refractivity contribution in [1.29, 1.82) is 0 Å². The van der Waals surface area contributed by atoms with Crippen LogP contribution in [0.1, 0.15) is 45.0 Å². The number of aromatic nitrogens is 3. The molecule has 0 spiro atoms. The lowest BCUT2D eigenvalue weighted by molar-refractivity contribution is -0.139. The average molecular weight is 621 g/mol. The Kier molecular flexibility index (Phi) is 7.77. The van der Waals surface area contributed by atoms with Gasteiger partial charge in [0.15, 0.2) is 0 Å². The van der Waals surface area contributed by atoms with E-state index in [9.17, 15) is 23.1 Å². The summed E-state index contributed by atoms with van der Waals surface area (Å²) in [6, 6.07) is 10.6. The molecule has 0 aliphatic carbocycles. The van der Waals surface area contributed by atoms with Crippen molar-refractivity contribution >= 4 is 40.2 Å². The highest BCUT2D eigenvalue weighted by atomic mass is 35.5. The molecule has 13 heteroatoms. The second kappa shape index (κ2) is 11.4. The minimum atomic E-state index is -4.65. The van der Waals surface area contributed by atoms with Gasteiger partial charge in [-0.2, -0.15) is 13.2 Å². The van der Waals surface area contributed by atoms with Crippen molar-refractivity contribution in [2.75, 3.05) is 13.2 Å². The highest BCUT2D eigenvalue weighted by Gasteiger charge is 2.37. The van der Waals surface area contributed by atoms with Gasteiger partial charge in [-0.3, -0.25) is 4.90 Å². The van der Waals surface area contributed by atoms with Crippen molar-refractivity contribution in [1.82, 2.24) is 19.4 Å². The molecule has 1 fully saturated rings. The summed E-state index contributed by atoms with van der Waals surface area (Å²) in [6.45, 7) is 2.17. The minimum absolute atomic E-state index is 0.00743. The van der Waals surface area contributed by atoms with E-state index in [0.29, 0.717) is 71.4 Å². The van der Waals surface area contributed by atoms with Crippen LogP contribution in [0.25, 0.3) is 11.0 Å². The van der Waals surface area contributed by atoms with E-state index in [2.05, 4.69) is 9.88 Å². The van der Waals surface area contributed by atoms with Gasteiger partial charge >= 0.3 is 12.1 Å². The smallest absolute Gasteiger partial charge is 0.421 e. The monoisotopic (exact) mass is 620 g/mol. The van der Waals surface area contributed by atoms with E-state index in [4.69, 9.17) is 37.7 Å². The summed E-state index contributed by atoms with van der Waals surface area (Å²) in [4.78, 5) is 22.8. The maximum atomic E-state index is 14.0. The number of imidazole rings is 1. The Hall–Kier alpha value is -3.38. The van der Waals surface area contributed by atoms with E-state index in [1.54, 1.807) is 24.3 Å². The van der Waals surface area contributed by atoms with Crippen molar-refractivity contribution in [2.24, 2.45) is 0 Å². The van der Waals surface area contributed by atoms with Gasteiger partial charge in [0.1, 0.15) is 18.0 Å². The summed E-state index contributed by atoms with van der Waals surface area (Å²) in [5.41, 5.74) is 2.07. The normalized spacial score (nSPS) is 17.2. The molecule has 4 aromatic rings. The number of ether oxygens (including phenoxy) is 2. The van der Waals surface area contributed by atoms with Crippen molar-refractivity contribution in [3.05, 3.63) is 86.3 Å². The second-order valence-electron chi connectivity index (χ2n) is 10.4. The predicted octanol–water partition coefficient (Wildman–Crippen LogP) is 6.38. The number of aromatic carboxylic acids is 1. The molecular formula is C29H25Cl2F3N4O4. The number of fused-ring (bicyclic) bond motifs is 2. The second-order valence-corrected chi connectivity index (χ2v) is 11.2. The molecule has 4 heterocycles. The third kappa shape index (κ3) is 5.92. The van der Waals surface area contributed by atoms with Gasteiger partial charge in [-0.05, 0) is 54.8 Å². The number of hydrogen-bond acceptors (Lipinski definition) is 6. The molecule has 0 radical (unpaired) electrons. The first-order valence-corrected chi connectivity index (χ1v) is 14.0. The zero-order valence-corrected chi connectivity index (χ0v) is 23.6. The van der Waals surface area contributed by atoms with Crippen LogP contribution in [0.15, 0.2) is 42.5 Å². The first kappa shape index (κ1) is 28.7. The molecule has 0 unspecified atom stereocenters. The predicted molar refractivity (Wildman–Crippen MR) is 149 cm³/mol. The number of carbonyl (C=O) groups is 1. The maximum Gasteiger partial charge on any atom is 0.421 e. The molecule has 2 aromatic carbocycles. The standard InChI is InChI=1S/C29H25Cl2F3N4O4/c30-19-3-1-18(22(31)11-19)15-42-27-21(29(32,33)34)9-16-5-7-37(13-24(16)36-27)14-26-35-23-4-2-17(28(39)40)10-25(23)38(26)12-20-6-8-41-20/h1-4,9-11,20H,5-8,12-15H2,(H,39,40)/t20-/m0/s1. The third-order valence-corrected chi connectivity index (χ3v) is 8.12. The molecule has 0 amide bonds. The van der Waals surface area contributed by atoms with E-state index in [0.717, 1.165) is 12.5 Å². The topological polar surface area (TPSA) is 89.7 Å². The zero-order chi connectivity index (χ0) is 29.6. The summed E-state index contributed by atoms with van der Waals surface area (Å²) in [5.74, 6) is -0.823. The number of pyridine rings is 1. The first-order valence-electron chi connectivity index (χ1n) is 13.3. The van der Waals surface area contributed by atoms with Crippen LogP contribution in [-0.2, 0) is 43.6 Å². The van der Waals surface area contributed by atoms with Gasteiger partial charge in [-0.15, -0.1) is 0 Å². The fourth-order valence-electron chi connectivity index (χ4n) is 5.19. The van der Waals surface area contributed by atoms with Crippen LogP contribution >= 0.6 is 23.2 Å². The van der Waals surface area contributed by atoms with Gasteiger partial charge in [-0.25, -0.2) is 14.8 Å². The lowest BCUT2D eigenvalue weighted by atomic mass is 10.0. The van der Waals surface area contributed by atoms with Crippen LogP contribution in [0.3, 0.4) is 0 Å². The number of carboxylic acid groups (broad SMARTS) is 1. The van der Waals surface area contributed by atoms with Gasteiger partial charge < -0.3 is 19.1 Å². The molecule has 2 aromatic heterocycles. The van der Waals surface area contributed by atoms with E-state index in [1.165, 1.54) is 12.1 Å². The van der Waals surface area contributed by atoms with Gasteiger partial charge in [0.05, 0.1) is 41.5 Å². The summed E-state index contributed by atoms with van der Waals surface area (Å²) in [7, 11) is 0. The zero-order valence-electron chi connectivity index (χ0n) is 22.1. The molecule has 1 saturated heterocycles. The molecule has 1 N–H and O–H groups in total. The van der Waals surface area contributed by atoms with Crippen molar-refractivity contribution in [2.45, 2.75) is 51.4 Å². The van der Waals surface area contributed by atoms with E-state index < -0.39 is 23.6 Å². The van der Waals surface area contributed by atoms with Crippen LogP contribution in [-0.4, -0.2) is 49.8 Å². The fourth-order valence-corrected chi connectivity index (χ4v) is 5.65. The van der Waals surface area contributed by atoms with Gasteiger partial charge in [0.2, 0.25) is 5.88 Å². The minimum Gasteiger partial charge on any atom is -0.478 e. The Morgan fingerprint density at radius 3 is 2.64 bits per heavy atom. The molecule has 6 rings (SSSR count). The summed E-state index contributed by atoms with van der Waals surface area (Å²) in [5, 5.41) is 10.2. The Labute approximate surface area is 248 Å². The Morgan fingerprint density at radius 1 is 1.14 bits per heavy atom. The first-order chi connectivity index (χ1) is 20.0. The number of nitrogens with zero attached hydrogens (tertiary/aromatic N) is 4. The number of benzene rings is 2. The Balaban J connectivity index is 1.27. The number of rotatable bonds is 8. The third-order valence-electron chi connectivity index (χ3n) is 7.53. The molecule has 2 aliphatic rings. The average Bonchev–Trinajstić information content (AvgIpc) is 3.24. The van der Waals surface area contributed by atoms with Crippen molar-refractivity contribution in [3.8, 4) is 5.88 Å². The van der Waals surface area contributed by atoms with Crippen LogP contribution < -0.4 is 4.74 Å². The lowest BCUT2D eigenvalue weighted by Gasteiger charge is -2.30. The highest BCUT2D eigenvalue weighted by Crippen LogP contribution is 2.38. The molecule has 0 saturated carbocycles. The molecule has 2 aliphatic heterocycles. The summed E-state index contributed by atoms with van der Waals surface area (Å²) >= 11 is 12.1. The molecule has 1 atom stereocenters. The number of alkyl halides is 3. The van der Waals surface area contributed by atoms with E-state index in [1.807, 2.05) is 4.57 Å². The van der Waals surface area contributed by atoms with Gasteiger partial charge in [-0.1, -0.05) is 29.3 Å². The van der Waals surface area contributed by atoms with Crippen molar-refractivity contribution in [3.63, 3.8) is 0 Å². The van der Waals surface area contributed by atoms with Crippen LogP contribution in [0, 0.1) is 0 Å².